The summed E-state index contributed by atoms with van der Waals surface area (Å²) in [4.78, 5) is 14.6. The van der Waals surface area contributed by atoms with Crippen LogP contribution in [0.25, 0.3) is 5.69 Å². The molecule has 3 rings (SSSR count). The lowest BCUT2D eigenvalue weighted by Gasteiger charge is -2.28. The highest BCUT2D eigenvalue weighted by Gasteiger charge is 2.28. The second-order valence-electron chi connectivity index (χ2n) is 5.48. The molecular weight excluding hydrogens is 346 g/mol. The number of benzene rings is 1. The van der Waals surface area contributed by atoms with Crippen molar-refractivity contribution in [2.75, 3.05) is 18.8 Å². The third kappa shape index (κ3) is 3.76. The van der Waals surface area contributed by atoms with E-state index in [1.54, 1.807) is 24.3 Å². The lowest BCUT2D eigenvalue weighted by molar-refractivity contribution is -0.672. The Bertz CT molecular complexity index is 727. The van der Waals surface area contributed by atoms with Gasteiger partial charge in [-0.1, -0.05) is 42.2 Å². The minimum Gasteiger partial charge on any atom is -0.539 e. The van der Waals surface area contributed by atoms with Crippen LogP contribution in [0.15, 0.2) is 34.9 Å². The number of nitrogens with zero attached hydrogens (tertiary/aromatic N) is 3. The van der Waals surface area contributed by atoms with E-state index in [0.717, 1.165) is 25.9 Å². The largest absolute Gasteiger partial charge is 0.539 e. The standard InChI is InChI=1S/C16H17N3O3S2/c20-13(11-24-16(23)18-9-5-2-6-10-18)14-15(21)22-17-19(14)12-7-3-1-4-8-12/h1,3-4,7-8H,2,5-6,9-11H2. The van der Waals surface area contributed by atoms with Crippen LogP contribution >= 0.6 is 24.0 Å². The van der Waals surface area contributed by atoms with Gasteiger partial charge in [-0.05, 0) is 23.9 Å². The summed E-state index contributed by atoms with van der Waals surface area (Å²) < 4.78 is 6.63. The number of aromatic nitrogens is 2. The molecule has 0 N–H and O–H groups in total. The zero-order valence-electron chi connectivity index (χ0n) is 13.0. The Hall–Kier alpha value is -1.93. The van der Waals surface area contributed by atoms with Crippen molar-refractivity contribution in [3.8, 4) is 11.6 Å². The average molecular weight is 363 g/mol. The number of thioether (sulfide) groups is 1. The molecule has 1 fully saturated rings. The second-order valence-corrected chi connectivity index (χ2v) is 7.09. The Morgan fingerprint density at radius 2 is 2.00 bits per heavy atom. The molecule has 126 valence electrons. The van der Waals surface area contributed by atoms with Crippen LogP contribution in [-0.4, -0.2) is 39.1 Å². The van der Waals surface area contributed by atoms with Crippen LogP contribution < -0.4 is 9.79 Å². The van der Waals surface area contributed by atoms with Gasteiger partial charge in [0.2, 0.25) is 11.5 Å². The Morgan fingerprint density at radius 3 is 2.71 bits per heavy atom. The molecule has 0 amide bonds. The number of carbonyl (C=O) groups excluding carboxylic acids is 1. The van der Waals surface area contributed by atoms with E-state index in [-0.39, 0.29) is 17.2 Å². The summed E-state index contributed by atoms with van der Waals surface area (Å²) >= 11 is 6.68. The highest BCUT2D eigenvalue weighted by molar-refractivity contribution is 8.23. The van der Waals surface area contributed by atoms with E-state index in [0.29, 0.717) is 10.0 Å². The molecule has 0 spiro atoms. The first-order valence-corrected chi connectivity index (χ1v) is 9.15. The molecule has 1 aliphatic rings. The predicted octanol–water partition coefficient (Wildman–Crippen LogP) is 1.71. The van der Waals surface area contributed by atoms with E-state index in [4.69, 9.17) is 12.2 Å². The minimum absolute atomic E-state index is 0.0739. The fraction of sp³-hybridized carbons (Fsp3) is 0.375. The van der Waals surface area contributed by atoms with Crippen LogP contribution in [0.5, 0.6) is 5.95 Å². The predicted molar refractivity (Wildman–Crippen MR) is 92.3 cm³/mol. The molecule has 1 aromatic carbocycles. The van der Waals surface area contributed by atoms with Crippen LogP contribution in [0.2, 0.25) is 0 Å². The van der Waals surface area contributed by atoms with Crippen LogP contribution in [0.3, 0.4) is 0 Å². The summed E-state index contributed by atoms with van der Waals surface area (Å²) in [6.07, 6.45) is 3.47. The molecular formula is C16H17N3O3S2. The molecule has 0 aliphatic carbocycles. The molecule has 6 nitrogen and oxygen atoms in total. The van der Waals surface area contributed by atoms with Gasteiger partial charge in [-0.3, -0.25) is 4.79 Å². The number of rotatable bonds is 4. The third-order valence-corrected chi connectivity index (χ3v) is 5.34. The van der Waals surface area contributed by atoms with E-state index >= 15 is 0 Å². The molecule has 24 heavy (non-hydrogen) atoms. The third-order valence-electron chi connectivity index (χ3n) is 3.82. The van der Waals surface area contributed by atoms with Gasteiger partial charge in [0.15, 0.2) is 5.95 Å². The van der Waals surface area contributed by atoms with Crippen molar-refractivity contribution in [3.63, 3.8) is 0 Å². The van der Waals surface area contributed by atoms with Gasteiger partial charge in [0, 0.05) is 25.2 Å². The van der Waals surface area contributed by atoms with Gasteiger partial charge < -0.3 is 14.5 Å². The summed E-state index contributed by atoms with van der Waals surface area (Å²) in [5.74, 6) is -0.971. The van der Waals surface area contributed by atoms with Gasteiger partial charge in [0.1, 0.15) is 4.32 Å². The van der Waals surface area contributed by atoms with Crippen molar-refractivity contribution in [3.05, 3.63) is 36.0 Å². The van der Waals surface area contributed by atoms with Crippen molar-refractivity contribution in [2.24, 2.45) is 0 Å². The number of hydrogen-bond donors (Lipinski definition) is 0. The Balaban J connectivity index is 1.69. The number of likely N-dealkylation sites (tertiary alicyclic amines) is 1. The number of piperidine rings is 1. The Kier molecular flexibility index (Phi) is 5.47. The van der Waals surface area contributed by atoms with Crippen LogP contribution in [0, 0.1) is 0 Å². The fourth-order valence-electron chi connectivity index (χ4n) is 2.59. The molecule has 0 radical (unpaired) electrons. The average Bonchev–Trinajstić information content (AvgIpc) is 3.02. The first kappa shape index (κ1) is 16.9. The maximum atomic E-state index is 12.5. The van der Waals surface area contributed by atoms with Crippen LogP contribution in [0.4, 0.5) is 0 Å². The SMILES string of the molecule is O=C(CSC(=S)N1CCCCC1)c1c([O-])on[n+]1-c1ccccc1. The molecule has 0 unspecified atom stereocenters. The quantitative estimate of drug-likeness (QED) is 0.465. The molecule has 2 heterocycles. The zero-order valence-corrected chi connectivity index (χ0v) is 14.6. The molecule has 1 aromatic heterocycles. The first-order valence-electron chi connectivity index (χ1n) is 7.76. The van der Waals surface area contributed by atoms with Gasteiger partial charge >= 0.3 is 5.69 Å². The van der Waals surface area contributed by atoms with Gasteiger partial charge in [0.05, 0.1) is 11.0 Å². The van der Waals surface area contributed by atoms with Crippen LogP contribution in [-0.2, 0) is 0 Å². The van der Waals surface area contributed by atoms with Crippen LogP contribution in [0.1, 0.15) is 29.8 Å². The Labute approximate surface area is 149 Å². The molecule has 0 saturated carbocycles. The number of ketones is 1. The smallest absolute Gasteiger partial charge is 0.307 e. The fourth-order valence-corrected chi connectivity index (χ4v) is 3.71. The van der Waals surface area contributed by atoms with E-state index in [9.17, 15) is 9.90 Å². The molecule has 1 aliphatic heterocycles. The van der Waals surface area contributed by atoms with Crippen molar-refractivity contribution < 1.29 is 19.1 Å². The number of thiocarbonyl (C=S) groups is 1. The zero-order chi connectivity index (χ0) is 16.9. The van der Waals surface area contributed by atoms with Gasteiger partial charge in [-0.25, -0.2) is 0 Å². The highest BCUT2D eigenvalue weighted by atomic mass is 32.2. The number of Topliss-reactive ketones (excluding diaryl/α,β-unsaturated/α-hetero) is 1. The van der Waals surface area contributed by atoms with E-state index in [1.165, 1.54) is 22.9 Å². The number of carbonyl (C=O) groups is 1. The number of hydrogen-bond acceptors (Lipinski definition) is 6. The topological polar surface area (TPSA) is 73.3 Å². The Morgan fingerprint density at radius 1 is 1.29 bits per heavy atom. The second kappa shape index (κ2) is 7.76. The molecule has 0 bridgehead atoms. The molecule has 0 atom stereocenters. The summed E-state index contributed by atoms with van der Waals surface area (Å²) in [5, 5.41) is 15.6. The van der Waals surface area contributed by atoms with Gasteiger partial charge in [0.25, 0.3) is 0 Å². The van der Waals surface area contributed by atoms with Crippen molar-refractivity contribution >= 4 is 34.1 Å². The molecule has 2 aromatic rings. The number of para-hydroxylation sites is 1. The summed E-state index contributed by atoms with van der Waals surface area (Å²) in [7, 11) is 0. The normalized spacial score (nSPS) is 14.6. The minimum atomic E-state index is -0.728. The molecule has 8 heteroatoms. The van der Waals surface area contributed by atoms with Crippen molar-refractivity contribution in [1.29, 1.82) is 0 Å². The lowest BCUT2D eigenvalue weighted by atomic mass is 10.1. The van der Waals surface area contributed by atoms with Gasteiger partial charge in [-0.15, -0.1) is 0 Å². The monoisotopic (exact) mass is 363 g/mol. The van der Waals surface area contributed by atoms with E-state index < -0.39 is 5.95 Å². The van der Waals surface area contributed by atoms with Crippen molar-refractivity contribution in [2.45, 2.75) is 19.3 Å². The first-order chi connectivity index (χ1) is 11.7. The summed E-state index contributed by atoms with van der Waals surface area (Å²) in [6.45, 7) is 1.87. The maximum Gasteiger partial charge on any atom is 0.307 e. The molecule has 1 saturated heterocycles. The summed E-state index contributed by atoms with van der Waals surface area (Å²) in [5.41, 5.74) is 0.533. The van der Waals surface area contributed by atoms with E-state index in [1.807, 2.05) is 6.07 Å². The maximum absolute atomic E-state index is 12.5. The van der Waals surface area contributed by atoms with Gasteiger partial charge in [-0.2, -0.15) is 0 Å². The highest BCUT2D eigenvalue weighted by Crippen LogP contribution is 2.19. The van der Waals surface area contributed by atoms with Crippen molar-refractivity contribution in [1.82, 2.24) is 10.2 Å². The van der Waals surface area contributed by atoms with E-state index in [2.05, 4.69) is 14.7 Å². The lowest BCUT2D eigenvalue weighted by Crippen LogP contribution is -2.39. The summed E-state index contributed by atoms with van der Waals surface area (Å²) in [6, 6.07) is 8.96.